The normalized spacial score (nSPS) is 13.1. The van der Waals surface area contributed by atoms with Gasteiger partial charge >= 0.3 is 0 Å². The molecule has 2 rings (SSSR count). The van der Waals surface area contributed by atoms with Gasteiger partial charge in [-0.1, -0.05) is 6.07 Å². The van der Waals surface area contributed by atoms with E-state index in [-0.39, 0.29) is 0 Å². The van der Waals surface area contributed by atoms with Crippen LogP contribution in [0, 0.1) is 13.8 Å². The lowest BCUT2D eigenvalue weighted by molar-refractivity contribution is 0.0165. The molecule has 0 unspecified atom stereocenters. The van der Waals surface area contributed by atoms with Gasteiger partial charge in [0, 0.05) is 0 Å². The fourth-order valence-corrected chi connectivity index (χ4v) is 2.98. The highest BCUT2D eigenvalue weighted by molar-refractivity contribution is 5.54. The minimum absolute atomic E-state index is 0.413. The van der Waals surface area contributed by atoms with Crippen molar-refractivity contribution in [3.05, 3.63) is 46.5 Å². The summed E-state index contributed by atoms with van der Waals surface area (Å²) in [6.07, 6.45) is -2.29. The lowest BCUT2D eigenvalue weighted by atomic mass is 9.92. The molecule has 0 bridgehead atoms. The highest BCUT2D eigenvalue weighted by Crippen LogP contribution is 2.42. The van der Waals surface area contributed by atoms with E-state index in [0.29, 0.717) is 28.4 Å². The van der Waals surface area contributed by atoms with E-state index < -0.39 is 12.2 Å². The number of methoxy groups -OCH3 is 4. The van der Waals surface area contributed by atoms with Crippen molar-refractivity contribution in [2.75, 3.05) is 28.4 Å². The molecular formula is C20H26O6. The molecule has 2 atom stereocenters. The molecule has 0 saturated carbocycles. The number of hydrogen-bond donors (Lipinski definition) is 2. The Morgan fingerprint density at radius 1 is 0.692 bits per heavy atom. The molecule has 2 N–H and O–H groups in total. The number of aliphatic hydroxyl groups is 2. The molecule has 0 aliphatic carbocycles. The summed E-state index contributed by atoms with van der Waals surface area (Å²) in [6.45, 7) is 3.80. The molecule has 0 spiro atoms. The average Bonchev–Trinajstić information content (AvgIpc) is 2.67. The maximum atomic E-state index is 10.8. The molecule has 6 nitrogen and oxygen atoms in total. The SMILES string of the molecule is COc1ccc([C@@H](O)[C@H](O)c2cc(OC)c(OC)c(OC)c2)c(C)c1C. The monoisotopic (exact) mass is 362 g/mol. The third-order valence-corrected chi connectivity index (χ3v) is 4.65. The number of benzene rings is 2. The van der Waals surface area contributed by atoms with Crippen LogP contribution in [0.5, 0.6) is 23.0 Å². The van der Waals surface area contributed by atoms with Crippen LogP contribution in [-0.4, -0.2) is 38.7 Å². The van der Waals surface area contributed by atoms with Crippen LogP contribution in [0.15, 0.2) is 24.3 Å². The van der Waals surface area contributed by atoms with Gasteiger partial charge in [-0.05, 0) is 54.3 Å². The van der Waals surface area contributed by atoms with E-state index in [9.17, 15) is 10.2 Å². The van der Waals surface area contributed by atoms with Crippen molar-refractivity contribution in [3.8, 4) is 23.0 Å². The Kier molecular flexibility index (Phi) is 6.34. The fraction of sp³-hybridized carbons (Fsp3) is 0.400. The molecule has 0 saturated heterocycles. The zero-order valence-electron chi connectivity index (χ0n) is 16.0. The summed E-state index contributed by atoms with van der Waals surface area (Å²) < 4.78 is 21.2. The van der Waals surface area contributed by atoms with E-state index in [4.69, 9.17) is 18.9 Å². The molecule has 0 aliphatic heterocycles. The predicted molar refractivity (Wildman–Crippen MR) is 98.5 cm³/mol. The Morgan fingerprint density at radius 3 is 1.69 bits per heavy atom. The zero-order valence-corrected chi connectivity index (χ0v) is 16.0. The summed E-state index contributed by atoms with van der Waals surface area (Å²) in [5.74, 6) is 1.99. The van der Waals surface area contributed by atoms with Crippen molar-refractivity contribution in [1.82, 2.24) is 0 Å². The first-order valence-electron chi connectivity index (χ1n) is 8.19. The quantitative estimate of drug-likeness (QED) is 0.788. The van der Waals surface area contributed by atoms with Gasteiger partial charge < -0.3 is 29.2 Å². The van der Waals surface area contributed by atoms with Crippen LogP contribution in [0.25, 0.3) is 0 Å². The molecule has 0 aromatic heterocycles. The van der Waals surface area contributed by atoms with Crippen molar-refractivity contribution < 1.29 is 29.2 Å². The first-order chi connectivity index (χ1) is 12.4. The topological polar surface area (TPSA) is 77.4 Å². The maximum Gasteiger partial charge on any atom is 0.203 e. The molecule has 0 heterocycles. The summed E-state index contributed by atoms with van der Waals surface area (Å²) in [7, 11) is 6.11. The second kappa shape index (κ2) is 8.29. The van der Waals surface area contributed by atoms with Gasteiger partial charge in [0.25, 0.3) is 0 Å². The van der Waals surface area contributed by atoms with Crippen LogP contribution in [-0.2, 0) is 0 Å². The highest BCUT2D eigenvalue weighted by Gasteiger charge is 2.26. The van der Waals surface area contributed by atoms with E-state index in [1.807, 2.05) is 13.8 Å². The van der Waals surface area contributed by atoms with Crippen LogP contribution in [0.3, 0.4) is 0 Å². The highest BCUT2D eigenvalue weighted by atomic mass is 16.5. The summed E-state index contributed by atoms with van der Waals surface area (Å²) in [4.78, 5) is 0. The Balaban J connectivity index is 2.45. The molecule has 2 aromatic rings. The molecule has 26 heavy (non-hydrogen) atoms. The van der Waals surface area contributed by atoms with Gasteiger partial charge in [0.15, 0.2) is 11.5 Å². The van der Waals surface area contributed by atoms with Crippen molar-refractivity contribution in [1.29, 1.82) is 0 Å². The molecule has 2 aromatic carbocycles. The summed E-state index contributed by atoms with van der Waals surface area (Å²) in [6, 6.07) is 6.79. The average molecular weight is 362 g/mol. The van der Waals surface area contributed by atoms with Crippen molar-refractivity contribution in [3.63, 3.8) is 0 Å². The van der Waals surface area contributed by atoms with Gasteiger partial charge in [-0.25, -0.2) is 0 Å². The summed E-state index contributed by atoms with van der Waals surface area (Å²) >= 11 is 0. The van der Waals surface area contributed by atoms with E-state index in [2.05, 4.69) is 0 Å². The maximum absolute atomic E-state index is 10.8. The number of hydrogen-bond acceptors (Lipinski definition) is 6. The number of rotatable bonds is 7. The Bertz CT molecular complexity index is 746. The van der Waals surface area contributed by atoms with Crippen molar-refractivity contribution in [2.24, 2.45) is 0 Å². The molecule has 0 amide bonds. The van der Waals surface area contributed by atoms with E-state index >= 15 is 0 Å². The molecule has 0 fully saturated rings. The van der Waals surface area contributed by atoms with Crippen molar-refractivity contribution >= 4 is 0 Å². The summed E-state index contributed by atoms with van der Waals surface area (Å²) in [5, 5.41) is 21.5. The summed E-state index contributed by atoms with van der Waals surface area (Å²) in [5.41, 5.74) is 2.87. The Morgan fingerprint density at radius 2 is 1.23 bits per heavy atom. The number of ether oxygens (including phenoxy) is 4. The fourth-order valence-electron chi connectivity index (χ4n) is 2.98. The van der Waals surface area contributed by atoms with Gasteiger partial charge in [0.05, 0.1) is 28.4 Å². The smallest absolute Gasteiger partial charge is 0.203 e. The molecule has 142 valence electrons. The number of aliphatic hydroxyl groups excluding tert-OH is 2. The van der Waals surface area contributed by atoms with Crippen LogP contribution < -0.4 is 18.9 Å². The minimum Gasteiger partial charge on any atom is -0.496 e. The molecular weight excluding hydrogens is 336 g/mol. The van der Waals surface area contributed by atoms with Crippen molar-refractivity contribution in [2.45, 2.75) is 26.1 Å². The minimum atomic E-state index is -1.17. The molecule has 0 radical (unpaired) electrons. The van der Waals surface area contributed by atoms with Gasteiger partial charge in [0.2, 0.25) is 5.75 Å². The van der Waals surface area contributed by atoms with Crippen LogP contribution in [0.2, 0.25) is 0 Å². The van der Waals surface area contributed by atoms with Crippen LogP contribution >= 0.6 is 0 Å². The van der Waals surface area contributed by atoms with Gasteiger partial charge in [-0.15, -0.1) is 0 Å². The predicted octanol–water partition coefficient (Wildman–Crippen LogP) is 3.10. The third-order valence-electron chi connectivity index (χ3n) is 4.65. The Hall–Kier alpha value is -2.44. The van der Waals surface area contributed by atoms with E-state index in [1.54, 1.807) is 31.4 Å². The van der Waals surface area contributed by atoms with Gasteiger partial charge in [-0.3, -0.25) is 0 Å². The van der Waals surface area contributed by atoms with E-state index in [0.717, 1.165) is 16.9 Å². The first-order valence-corrected chi connectivity index (χ1v) is 8.19. The lowest BCUT2D eigenvalue weighted by Gasteiger charge is -2.23. The molecule has 0 aliphatic rings. The molecule has 6 heteroatoms. The third kappa shape index (κ3) is 3.57. The van der Waals surface area contributed by atoms with Crippen LogP contribution in [0.4, 0.5) is 0 Å². The largest absolute Gasteiger partial charge is 0.496 e. The van der Waals surface area contributed by atoms with E-state index in [1.165, 1.54) is 21.3 Å². The standard InChI is InChI=1S/C20H26O6/c1-11-12(2)15(23-3)8-7-14(11)19(22)18(21)13-9-16(24-4)20(26-6)17(10-13)25-5/h7-10,18-19,21-22H,1-6H3/t18-,19-/m1/s1. The lowest BCUT2D eigenvalue weighted by Crippen LogP contribution is -2.13. The zero-order chi connectivity index (χ0) is 19.4. The van der Waals surface area contributed by atoms with Gasteiger partial charge in [-0.2, -0.15) is 0 Å². The second-order valence-electron chi connectivity index (χ2n) is 5.96. The van der Waals surface area contributed by atoms with Gasteiger partial charge in [0.1, 0.15) is 18.0 Å². The first kappa shape index (κ1) is 19.9. The second-order valence-corrected chi connectivity index (χ2v) is 5.96. The van der Waals surface area contributed by atoms with Crippen LogP contribution in [0.1, 0.15) is 34.5 Å². The Labute approximate surface area is 153 Å².